The molecular weight excluding hydrogens is 242 g/mol. The van der Waals surface area contributed by atoms with Gasteiger partial charge in [0.15, 0.2) is 0 Å². The zero-order valence-corrected chi connectivity index (χ0v) is 12.0. The molecule has 106 valence electrons. The van der Waals surface area contributed by atoms with Gasteiger partial charge in [-0.2, -0.15) is 0 Å². The Morgan fingerprint density at radius 3 is 2.68 bits per heavy atom. The van der Waals surface area contributed by atoms with E-state index in [-0.39, 0.29) is 5.91 Å². The molecule has 0 saturated carbocycles. The number of nitrogens with zero attached hydrogens (tertiary/aromatic N) is 2. The van der Waals surface area contributed by atoms with Crippen LogP contribution in [0, 0.1) is 13.8 Å². The molecule has 5 nitrogen and oxygen atoms in total. The molecule has 1 amide bonds. The van der Waals surface area contributed by atoms with E-state index in [1.54, 1.807) is 0 Å². The molecule has 1 saturated heterocycles. The Morgan fingerprint density at radius 1 is 1.42 bits per heavy atom. The van der Waals surface area contributed by atoms with Crippen LogP contribution < -0.4 is 5.32 Å². The van der Waals surface area contributed by atoms with E-state index in [0.717, 1.165) is 30.1 Å². The van der Waals surface area contributed by atoms with Crippen molar-refractivity contribution in [2.45, 2.75) is 46.1 Å². The Bertz CT molecular complexity index is 416. The highest BCUT2D eigenvalue weighted by atomic mass is 16.5. The normalized spacial score (nSPS) is 17.6. The number of rotatable bonds is 5. The van der Waals surface area contributed by atoms with E-state index in [9.17, 15) is 4.79 Å². The highest BCUT2D eigenvalue weighted by Crippen LogP contribution is 2.13. The average Bonchev–Trinajstić information content (AvgIpc) is 3.01. The van der Waals surface area contributed by atoms with Gasteiger partial charge in [-0.05, 0) is 46.7 Å². The van der Waals surface area contributed by atoms with Gasteiger partial charge in [0.1, 0.15) is 5.76 Å². The molecule has 2 rings (SSSR count). The maximum absolute atomic E-state index is 11.9. The van der Waals surface area contributed by atoms with Crippen molar-refractivity contribution >= 4 is 5.91 Å². The van der Waals surface area contributed by atoms with E-state index >= 15 is 0 Å². The van der Waals surface area contributed by atoms with Crippen LogP contribution in [0.25, 0.3) is 0 Å². The lowest BCUT2D eigenvalue weighted by atomic mass is 10.1. The minimum Gasteiger partial charge on any atom is -0.361 e. The molecule has 5 heteroatoms. The summed E-state index contributed by atoms with van der Waals surface area (Å²) in [6.07, 6.45) is 2.91. The summed E-state index contributed by atoms with van der Waals surface area (Å²) in [5.74, 6) is 0.778. The largest absolute Gasteiger partial charge is 0.361 e. The van der Waals surface area contributed by atoms with Crippen molar-refractivity contribution in [2.75, 3.05) is 19.6 Å². The van der Waals surface area contributed by atoms with Crippen LogP contribution >= 0.6 is 0 Å². The van der Waals surface area contributed by atoms with Gasteiger partial charge in [0, 0.05) is 18.2 Å². The van der Waals surface area contributed by atoms with Gasteiger partial charge in [-0.1, -0.05) is 5.16 Å². The zero-order valence-electron chi connectivity index (χ0n) is 12.0. The van der Waals surface area contributed by atoms with Crippen molar-refractivity contribution in [3.8, 4) is 0 Å². The maximum atomic E-state index is 11.9. The van der Waals surface area contributed by atoms with Crippen LogP contribution in [0.2, 0.25) is 0 Å². The fourth-order valence-corrected chi connectivity index (χ4v) is 2.55. The molecule has 1 aromatic heterocycles. The Morgan fingerprint density at radius 2 is 2.11 bits per heavy atom. The molecule has 1 fully saturated rings. The van der Waals surface area contributed by atoms with Gasteiger partial charge in [-0.15, -0.1) is 0 Å². The number of likely N-dealkylation sites (tertiary alicyclic amines) is 1. The second kappa shape index (κ2) is 6.19. The number of carbonyl (C=O) groups is 1. The second-order valence-electron chi connectivity index (χ2n) is 5.38. The molecule has 1 aromatic rings. The lowest BCUT2D eigenvalue weighted by Crippen LogP contribution is -2.41. The summed E-state index contributed by atoms with van der Waals surface area (Å²) in [6.45, 7) is 8.90. The third-order valence-electron chi connectivity index (χ3n) is 3.88. The van der Waals surface area contributed by atoms with Crippen molar-refractivity contribution in [1.29, 1.82) is 0 Å². The van der Waals surface area contributed by atoms with Crippen LogP contribution in [0.3, 0.4) is 0 Å². The first kappa shape index (κ1) is 14.1. The van der Waals surface area contributed by atoms with E-state index in [2.05, 4.69) is 22.3 Å². The molecule has 1 N–H and O–H groups in total. The van der Waals surface area contributed by atoms with Crippen LogP contribution in [0.1, 0.15) is 36.8 Å². The molecule has 1 aliphatic heterocycles. The summed E-state index contributed by atoms with van der Waals surface area (Å²) in [5.41, 5.74) is 1.71. The van der Waals surface area contributed by atoms with Crippen molar-refractivity contribution in [2.24, 2.45) is 0 Å². The van der Waals surface area contributed by atoms with E-state index in [4.69, 9.17) is 4.52 Å². The number of hydrogen-bond acceptors (Lipinski definition) is 4. The highest BCUT2D eigenvalue weighted by molar-refractivity contribution is 5.79. The molecule has 2 heterocycles. The number of aryl methyl sites for hydroxylation is 2. The van der Waals surface area contributed by atoms with E-state index < -0.39 is 0 Å². The van der Waals surface area contributed by atoms with Crippen molar-refractivity contribution < 1.29 is 9.32 Å². The number of carbonyl (C=O) groups excluding carboxylic acids is 1. The summed E-state index contributed by atoms with van der Waals surface area (Å²) >= 11 is 0. The number of nitrogens with one attached hydrogen (secondary N) is 1. The summed E-state index contributed by atoms with van der Waals surface area (Å²) in [7, 11) is 0. The molecule has 0 spiro atoms. The Balaban J connectivity index is 1.78. The van der Waals surface area contributed by atoms with E-state index in [1.165, 1.54) is 12.8 Å². The molecule has 0 aliphatic carbocycles. The Labute approximate surface area is 114 Å². The van der Waals surface area contributed by atoms with Crippen LogP contribution in [0.4, 0.5) is 0 Å². The van der Waals surface area contributed by atoms with Crippen LogP contribution in [-0.2, 0) is 11.2 Å². The first-order valence-electron chi connectivity index (χ1n) is 7.00. The summed E-state index contributed by atoms with van der Waals surface area (Å²) < 4.78 is 5.06. The van der Waals surface area contributed by atoms with Crippen LogP contribution in [0.5, 0.6) is 0 Å². The third-order valence-corrected chi connectivity index (χ3v) is 3.88. The van der Waals surface area contributed by atoms with Crippen LogP contribution in [-0.4, -0.2) is 41.6 Å². The molecule has 0 unspecified atom stereocenters. The molecular formula is C14H23N3O2. The molecule has 0 bridgehead atoms. The number of hydrogen-bond donors (Lipinski definition) is 1. The fraction of sp³-hybridized carbons (Fsp3) is 0.714. The maximum Gasteiger partial charge on any atom is 0.224 e. The van der Waals surface area contributed by atoms with E-state index in [1.807, 2.05) is 13.8 Å². The van der Waals surface area contributed by atoms with E-state index in [0.29, 0.717) is 19.0 Å². The third kappa shape index (κ3) is 3.56. The van der Waals surface area contributed by atoms with Crippen LogP contribution in [0.15, 0.2) is 4.52 Å². The fourth-order valence-electron chi connectivity index (χ4n) is 2.55. The lowest BCUT2D eigenvalue weighted by molar-refractivity contribution is -0.120. The van der Waals surface area contributed by atoms with Gasteiger partial charge in [0.05, 0.1) is 12.1 Å². The quantitative estimate of drug-likeness (QED) is 0.875. The topological polar surface area (TPSA) is 58.4 Å². The predicted octanol–water partition coefficient (Wildman–Crippen LogP) is 1.43. The Hall–Kier alpha value is -1.36. The molecule has 0 radical (unpaired) electrons. The minimum atomic E-state index is 0.0421. The first-order chi connectivity index (χ1) is 9.08. The SMILES string of the molecule is Cc1noc(C)c1CC(=O)NC[C@H](C)N1CCCC1. The molecule has 19 heavy (non-hydrogen) atoms. The van der Waals surface area contributed by atoms with Crippen molar-refractivity contribution in [3.63, 3.8) is 0 Å². The summed E-state index contributed by atoms with van der Waals surface area (Å²) in [6, 6.07) is 0.413. The number of aromatic nitrogens is 1. The van der Waals surface area contributed by atoms with Gasteiger partial charge in [-0.3, -0.25) is 9.69 Å². The molecule has 1 atom stereocenters. The minimum absolute atomic E-state index is 0.0421. The van der Waals surface area contributed by atoms with Crippen molar-refractivity contribution in [3.05, 3.63) is 17.0 Å². The van der Waals surface area contributed by atoms with Gasteiger partial charge < -0.3 is 9.84 Å². The molecule has 1 aliphatic rings. The van der Waals surface area contributed by atoms with Crippen molar-refractivity contribution in [1.82, 2.24) is 15.4 Å². The van der Waals surface area contributed by atoms with Gasteiger partial charge in [0.2, 0.25) is 5.91 Å². The lowest BCUT2D eigenvalue weighted by Gasteiger charge is -2.23. The second-order valence-corrected chi connectivity index (χ2v) is 5.38. The molecule has 0 aromatic carbocycles. The predicted molar refractivity (Wildman–Crippen MR) is 73.0 cm³/mol. The summed E-state index contributed by atoms with van der Waals surface area (Å²) in [5, 5.41) is 6.87. The summed E-state index contributed by atoms with van der Waals surface area (Å²) in [4.78, 5) is 14.4. The van der Waals surface area contributed by atoms with Gasteiger partial charge >= 0.3 is 0 Å². The Kier molecular flexibility index (Phi) is 4.58. The first-order valence-corrected chi connectivity index (χ1v) is 7.00. The standard InChI is InChI=1S/C14H23N3O2/c1-10(17-6-4-5-7-17)9-15-14(18)8-13-11(2)16-19-12(13)3/h10H,4-9H2,1-3H3,(H,15,18)/t10-/m0/s1. The number of amides is 1. The average molecular weight is 265 g/mol. The monoisotopic (exact) mass is 265 g/mol. The van der Waals surface area contributed by atoms with Gasteiger partial charge in [0.25, 0.3) is 0 Å². The highest BCUT2D eigenvalue weighted by Gasteiger charge is 2.19. The van der Waals surface area contributed by atoms with Gasteiger partial charge in [-0.25, -0.2) is 0 Å². The smallest absolute Gasteiger partial charge is 0.224 e. The zero-order chi connectivity index (χ0) is 13.8.